The van der Waals surface area contributed by atoms with Crippen LogP contribution in [0.1, 0.15) is 85.1 Å². The molecule has 2 fully saturated rings. The number of benzene rings is 1. The van der Waals surface area contributed by atoms with E-state index in [4.69, 9.17) is 0 Å². The monoisotopic (exact) mass is 532 g/mol. The summed E-state index contributed by atoms with van der Waals surface area (Å²) in [5.41, 5.74) is 3.07. The lowest BCUT2D eigenvalue weighted by molar-refractivity contribution is -0.138. The maximum Gasteiger partial charge on any atom is 0.250 e. The molecule has 0 spiro atoms. The SMILES string of the molecule is CN(C(=O)C1=CCC2C3CC=C4C[C@@H](O)CC[C@]4(C)C3CC[C@]12C)[C@@H](Cc1ccccc1)C(=O)NC(C)(C)C. The largest absolute Gasteiger partial charge is 0.393 e. The van der Waals surface area contributed by atoms with Crippen molar-refractivity contribution in [1.29, 1.82) is 0 Å². The van der Waals surface area contributed by atoms with Gasteiger partial charge in [0.15, 0.2) is 0 Å². The molecule has 0 aliphatic heterocycles. The molecule has 5 rings (SSSR count). The first kappa shape index (κ1) is 28.1. The molecule has 3 unspecified atom stereocenters. The summed E-state index contributed by atoms with van der Waals surface area (Å²) in [6.07, 6.45) is 11.8. The first-order chi connectivity index (χ1) is 18.3. The smallest absolute Gasteiger partial charge is 0.250 e. The molecule has 0 saturated heterocycles. The molecule has 2 saturated carbocycles. The lowest BCUT2D eigenvalue weighted by Crippen LogP contribution is -2.55. The number of nitrogens with one attached hydrogen (secondary N) is 1. The number of rotatable bonds is 5. The van der Waals surface area contributed by atoms with Gasteiger partial charge in [0.25, 0.3) is 0 Å². The maximum atomic E-state index is 14.2. The number of hydrogen-bond donors (Lipinski definition) is 2. The highest BCUT2D eigenvalue weighted by Crippen LogP contribution is 2.65. The molecule has 1 aromatic rings. The maximum absolute atomic E-state index is 14.2. The van der Waals surface area contributed by atoms with Gasteiger partial charge in [0.2, 0.25) is 11.8 Å². The Balaban J connectivity index is 1.38. The number of amides is 2. The predicted octanol–water partition coefficient (Wildman–Crippen LogP) is 5.83. The molecule has 2 N–H and O–H groups in total. The van der Waals surface area contributed by atoms with E-state index in [-0.39, 0.29) is 34.3 Å². The number of carbonyl (C=O) groups is 2. The third-order valence-electron chi connectivity index (χ3n) is 10.7. The second kappa shape index (κ2) is 10.2. The topological polar surface area (TPSA) is 69.6 Å². The summed E-state index contributed by atoms with van der Waals surface area (Å²) < 4.78 is 0. The second-order valence-corrected chi connectivity index (χ2v) is 14.3. The highest BCUT2D eigenvalue weighted by atomic mass is 16.3. The zero-order valence-electron chi connectivity index (χ0n) is 24.8. The minimum atomic E-state index is -0.577. The van der Waals surface area contributed by atoms with Gasteiger partial charge in [-0.25, -0.2) is 0 Å². The third-order valence-corrected chi connectivity index (χ3v) is 10.7. The molecule has 1 aromatic carbocycles. The zero-order valence-corrected chi connectivity index (χ0v) is 24.8. The van der Waals surface area contributed by atoms with Crippen molar-refractivity contribution in [2.45, 2.75) is 104 Å². The van der Waals surface area contributed by atoms with Crippen LogP contribution >= 0.6 is 0 Å². The Kier molecular flexibility index (Phi) is 7.37. The van der Waals surface area contributed by atoms with Crippen molar-refractivity contribution < 1.29 is 14.7 Å². The highest BCUT2D eigenvalue weighted by molar-refractivity contribution is 5.98. The average molecular weight is 533 g/mol. The van der Waals surface area contributed by atoms with Gasteiger partial charge in [0.1, 0.15) is 6.04 Å². The summed E-state index contributed by atoms with van der Waals surface area (Å²) in [6.45, 7) is 10.7. The Morgan fingerprint density at radius 3 is 2.41 bits per heavy atom. The van der Waals surface area contributed by atoms with E-state index in [0.717, 1.165) is 56.1 Å². The van der Waals surface area contributed by atoms with Crippen molar-refractivity contribution in [2.75, 3.05) is 7.05 Å². The van der Waals surface area contributed by atoms with E-state index in [2.05, 4.69) is 31.3 Å². The fourth-order valence-electron chi connectivity index (χ4n) is 8.57. The number of aliphatic hydroxyl groups is 1. The van der Waals surface area contributed by atoms with Crippen molar-refractivity contribution in [3.63, 3.8) is 0 Å². The van der Waals surface area contributed by atoms with Gasteiger partial charge in [-0.3, -0.25) is 9.59 Å². The molecule has 4 aliphatic carbocycles. The molecule has 0 aromatic heterocycles. The molecule has 5 heteroatoms. The zero-order chi connectivity index (χ0) is 28.2. The van der Waals surface area contributed by atoms with Crippen molar-refractivity contribution >= 4 is 11.8 Å². The van der Waals surface area contributed by atoms with E-state index in [1.165, 1.54) is 5.57 Å². The standard InChI is InChI=1S/C34H48N2O3/c1-32(2,3)35-30(38)29(20-22-10-8-7-9-11-22)36(6)31(39)28-15-14-26-25-13-12-23-21-24(37)16-18-33(23,4)27(25)17-19-34(26,28)5/h7-12,15,24-27,29,37H,13-14,16-21H2,1-6H3,(H,35,38)/t24-,25?,26?,27?,29-,33-,34-/m0/s1. The predicted molar refractivity (Wildman–Crippen MR) is 156 cm³/mol. The average Bonchev–Trinajstić information content (AvgIpc) is 3.23. The minimum Gasteiger partial charge on any atom is -0.393 e. The quantitative estimate of drug-likeness (QED) is 0.469. The number of aliphatic hydroxyl groups excluding tert-OH is 1. The summed E-state index contributed by atoms with van der Waals surface area (Å²) in [5.74, 6) is 1.52. The molecular weight excluding hydrogens is 484 g/mol. The van der Waals surface area contributed by atoms with Gasteiger partial charge in [0, 0.05) is 30.0 Å². The Hall–Kier alpha value is -2.40. The van der Waals surface area contributed by atoms with Crippen LogP contribution in [0.25, 0.3) is 0 Å². The Morgan fingerprint density at radius 1 is 1.03 bits per heavy atom. The van der Waals surface area contributed by atoms with Crippen molar-refractivity contribution in [3.05, 3.63) is 59.2 Å². The molecular formula is C34H48N2O3. The van der Waals surface area contributed by atoms with E-state index < -0.39 is 6.04 Å². The van der Waals surface area contributed by atoms with Gasteiger partial charge < -0.3 is 15.3 Å². The molecule has 5 nitrogen and oxygen atoms in total. The molecule has 212 valence electrons. The highest BCUT2D eigenvalue weighted by Gasteiger charge is 2.58. The van der Waals surface area contributed by atoms with E-state index in [9.17, 15) is 14.7 Å². The molecule has 0 heterocycles. The van der Waals surface area contributed by atoms with Gasteiger partial charge in [0.05, 0.1) is 6.10 Å². The molecule has 39 heavy (non-hydrogen) atoms. The fraction of sp³-hybridized carbons (Fsp3) is 0.647. The number of likely N-dealkylation sites (N-methyl/N-ethyl adjacent to an activating group) is 1. The van der Waals surface area contributed by atoms with E-state index in [1.807, 2.05) is 58.2 Å². The van der Waals surface area contributed by atoms with Crippen molar-refractivity contribution in [1.82, 2.24) is 10.2 Å². The van der Waals surface area contributed by atoms with Crippen LogP contribution < -0.4 is 5.32 Å². The molecule has 2 amide bonds. The van der Waals surface area contributed by atoms with E-state index in [1.54, 1.807) is 4.90 Å². The van der Waals surface area contributed by atoms with Gasteiger partial charge >= 0.3 is 0 Å². The molecule has 0 radical (unpaired) electrons. The lowest BCUT2D eigenvalue weighted by atomic mass is 9.47. The van der Waals surface area contributed by atoms with Crippen molar-refractivity contribution in [2.24, 2.45) is 28.6 Å². The summed E-state index contributed by atoms with van der Waals surface area (Å²) in [4.78, 5) is 29.5. The minimum absolute atomic E-state index is 0.00230. The van der Waals surface area contributed by atoms with Crippen LogP contribution in [0.4, 0.5) is 0 Å². The lowest BCUT2D eigenvalue weighted by Gasteiger charge is -2.57. The first-order valence-electron chi connectivity index (χ1n) is 15.0. The van der Waals surface area contributed by atoms with Crippen LogP contribution in [0, 0.1) is 28.6 Å². The van der Waals surface area contributed by atoms with E-state index >= 15 is 0 Å². The van der Waals surface area contributed by atoms with Crippen LogP contribution in [0.5, 0.6) is 0 Å². The second-order valence-electron chi connectivity index (χ2n) is 14.3. The Labute approximate surface area is 235 Å². The summed E-state index contributed by atoms with van der Waals surface area (Å²) >= 11 is 0. The van der Waals surface area contributed by atoms with Gasteiger partial charge in [-0.2, -0.15) is 0 Å². The van der Waals surface area contributed by atoms with Crippen LogP contribution in [0.2, 0.25) is 0 Å². The number of allylic oxidation sites excluding steroid dienone is 2. The molecule has 0 bridgehead atoms. The van der Waals surface area contributed by atoms with Gasteiger partial charge in [-0.1, -0.05) is 61.9 Å². The number of nitrogens with zero attached hydrogens (tertiary/aromatic N) is 1. The molecule has 7 atom stereocenters. The first-order valence-corrected chi connectivity index (χ1v) is 15.0. The molecule has 4 aliphatic rings. The van der Waals surface area contributed by atoms with Crippen molar-refractivity contribution in [3.8, 4) is 0 Å². The van der Waals surface area contributed by atoms with Crippen LogP contribution in [0.15, 0.2) is 53.6 Å². The Morgan fingerprint density at radius 2 is 1.72 bits per heavy atom. The number of carbonyl (C=O) groups excluding carboxylic acids is 2. The number of hydrogen-bond acceptors (Lipinski definition) is 3. The summed E-state index contributed by atoms with van der Waals surface area (Å²) in [6, 6.07) is 9.42. The van der Waals surface area contributed by atoms with Gasteiger partial charge in [-0.05, 0) is 94.4 Å². The summed E-state index contributed by atoms with van der Waals surface area (Å²) in [5, 5.41) is 13.4. The normalized spacial score (nSPS) is 34.5. The van der Waals surface area contributed by atoms with Crippen LogP contribution in [0.3, 0.4) is 0 Å². The van der Waals surface area contributed by atoms with Gasteiger partial charge in [-0.15, -0.1) is 0 Å². The summed E-state index contributed by atoms with van der Waals surface area (Å²) in [7, 11) is 1.81. The van der Waals surface area contributed by atoms with Crippen LogP contribution in [-0.2, 0) is 16.0 Å². The van der Waals surface area contributed by atoms with Crippen LogP contribution in [-0.4, -0.2) is 46.6 Å². The fourth-order valence-corrected chi connectivity index (χ4v) is 8.57. The van der Waals surface area contributed by atoms with E-state index in [0.29, 0.717) is 24.2 Å². The third kappa shape index (κ3) is 5.12. The Bertz CT molecular complexity index is 1160. The number of fused-ring (bicyclic) bond motifs is 5.